The molecule has 0 N–H and O–H groups in total. The molecule has 9 heteroatoms. The number of carbonyl (C=O) groups excluding carboxylic acids is 1. The quantitative estimate of drug-likeness (QED) is 0.617. The first kappa shape index (κ1) is 22.8. The van der Waals surface area contributed by atoms with Gasteiger partial charge in [-0.2, -0.15) is 8.42 Å². The van der Waals surface area contributed by atoms with Crippen LogP contribution in [0.1, 0.15) is 38.7 Å². The first-order chi connectivity index (χ1) is 13.1. The van der Waals surface area contributed by atoms with Gasteiger partial charge < -0.3 is 0 Å². The summed E-state index contributed by atoms with van der Waals surface area (Å²) < 4.78 is 54.8. The van der Waals surface area contributed by atoms with Gasteiger partial charge in [-0.1, -0.05) is 26.0 Å². The number of fused-ring (bicyclic) bond motifs is 2. The molecule has 2 aliphatic carbocycles. The highest BCUT2D eigenvalue weighted by atomic mass is 32.3. The Morgan fingerprint density at radius 2 is 1.62 bits per heavy atom. The van der Waals surface area contributed by atoms with E-state index in [1.54, 1.807) is 24.6 Å². The van der Waals surface area contributed by atoms with Crippen LogP contribution in [-0.4, -0.2) is 47.1 Å². The fraction of sp³-hybridized carbons (Fsp3) is 0.650. The van der Waals surface area contributed by atoms with E-state index in [2.05, 4.69) is 0 Å². The molecule has 2 aliphatic rings. The Bertz CT molecular complexity index is 1020. The van der Waals surface area contributed by atoms with Crippen molar-refractivity contribution in [3.8, 4) is 0 Å². The average Bonchev–Trinajstić information content (AvgIpc) is 2.86. The molecular weight excluding hydrogens is 432 g/mol. The predicted octanol–water partition coefficient (Wildman–Crippen LogP) is 3.31. The molecule has 0 aliphatic heterocycles. The molecule has 3 rings (SSSR count). The van der Waals surface area contributed by atoms with Gasteiger partial charge >= 0.3 is 0 Å². The Kier molecular flexibility index (Phi) is 5.55. The van der Waals surface area contributed by atoms with Crippen LogP contribution in [0, 0.1) is 16.7 Å². The van der Waals surface area contributed by atoms with E-state index < -0.39 is 35.7 Å². The maximum atomic E-state index is 13.0. The standard InChI is InChI=1S/C20H30O6S3/c1-19(2)16-10-11-20(19,18(21)12-16)14-29(24,25)26-27(3,4)13-15-6-8-17(9-7-15)28(5,22)23/h6-9,16H,10-14H2,1-5H3. The highest BCUT2D eigenvalue weighted by Crippen LogP contribution is 2.64. The van der Waals surface area contributed by atoms with Gasteiger partial charge in [-0.25, -0.2) is 12.0 Å². The van der Waals surface area contributed by atoms with Gasteiger partial charge in [0.15, 0.2) is 9.84 Å². The Labute approximate surface area is 176 Å². The number of rotatable bonds is 7. The van der Waals surface area contributed by atoms with Crippen molar-refractivity contribution in [2.45, 2.75) is 43.8 Å². The summed E-state index contributed by atoms with van der Waals surface area (Å²) in [5, 5.41) is 0. The topological polar surface area (TPSA) is 94.6 Å². The summed E-state index contributed by atoms with van der Waals surface area (Å²) >= 11 is 0. The summed E-state index contributed by atoms with van der Waals surface area (Å²) in [6, 6.07) is 6.41. The van der Waals surface area contributed by atoms with E-state index in [1.165, 1.54) is 12.1 Å². The van der Waals surface area contributed by atoms with Crippen LogP contribution < -0.4 is 0 Å². The first-order valence-electron chi connectivity index (χ1n) is 9.55. The third-order valence-electron chi connectivity index (χ3n) is 6.72. The smallest absolute Gasteiger partial charge is 0.277 e. The largest absolute Gasteiger partial charge is 0.299 e. The van der Waals surface area contributed by atoms with Crippen molar-refractivity contribution in [3.63, 3.8) is 0 Å². The van der Waals surface area contributed by atoms with Crippen molar-refractivity contribution in [3.05, 3.63) is 29.8 Å². The number of Topliss-reactive ketones (excluding diaryl/α,β-unsaturated/α-hetero) is 1. The van der Waals surface area contributed by atoms with E-state index in [0.717, 1.165) is 18.2 Å². The Morgan fingerprint density at radius 3 is 2.07 bits per heavy atom. The van der Waals surface area contributed by atoms with Crippen molar-refractivity contribution in [2.24, 2.45) is 16.7 Å². The molecule has 2 unspecified atom stereocenters. The third kappa shape index (κ3) is 4.29. The minimum Gasteiger partial charge on any atom is -0.299 e. The number of ketones is 1. The van der Waals surface area contributed by atoms with Gasteiger partial charge in [-0.05, 0) is 54.4 Å². The molecule has 0 radical (unpaired) electrons. The molecular formula is C20H30O6S3. The van der Waals surface area contributed by atoms with E-state index in [4.69, 9.17) is 3.63 Å². The van der Waals surface area contributed by atoms with Gasteiger partial charge in [0.25, 0.3) is 10.1 Å². The monoisotopic (exact) mass is 462 g/mol. The minimum atomic E-state index is -3.90. The van der Waals surface area contributed by atoms with Crippen LogP contribution in [0.15, 0.2) is 29.2 Å². The summed E-state index contributed by atoms with van der Waals surface area (Å²) in [6.07, 6.45) is 6.64. The lowest BCUT2D eigenvalue weighted by molar-refractivity contribution is -0.128. The Balaban J connectivity index is 1.75. The second-order valence-electron chi connectivity index (χ2n) is 9.43. The Hall–Kier alpha value is -0.900. The molecule has 164 valence electrons. The zero-order valence-corrected chi connectivity index (χ0v) is 20.0. The highest BCUT2D eigenvalue weighted by molar-refractivity contribution is 8.31. The summed E-state index contributed by atoms with van der Waals surface area (Å²) in [7, 11) is -9.19. The summed E-state index contributed by atoms with van der Waals surface area (Å²) in [5.74, 6) is 0.420. The predicted molar refractivity (Wildman–Crippen MR) is 116 cm³/mol. The van der Waals surface area contributed by atoms with Crippen LogP contribution in [0.25, 0.3) is 0 Å². The van der Waals surface area contributed by atoms with Crippen LogP contribution >= 0.6 is 10.3 Å². The summed E-state index contributed by atoms with van der Waals surface area (Å²) in [5.41, 5.74) is -0.367. The zero-order valence-electron chi connectivity index (χ0n) is 17.6. The molecule has 2 fully saturated rings. The van der Waals surface area contributed by atoms with Crippen LogP contribution in [-0.2, 0) is 34.1 Å². The highest BCUT2D eigenvalue weighted by Gasteiger charge is 2.65. The van der Waals surface area contributed by atoms with Crippen molar-refractivity contribution in [2.75, 3.05) is 24.5 Å². The molecule has 2 bridgehead atoms. The third-order valence-corrected chi connectivity index (χ3v) is 12.0. The van der Waals surface area contributed by atoms with Gasteiger partial charge in [0.1, 0.15) is 5.78 Å². The number of carbonyl (C=O) groups is 1. The molecule has 0 heterocycles. The number of sulfone groups is 1. The summed E-state index contributed by atoms with van der Waals surface area (Å²) in [6.45, 7) is 4.01. The Morgan fingerprint density at radius 1 is 1.03 bits per heavy atom. The molecule has 2 atom stereocenters. The molecule has 2 saturated carbocycles. The van der Waals surface area contributed by atoms with Gasteiger partial charge in [-0.3, -0.25) is 4.79 Å². The van der Waals surface area contributed by atoms with Crippen LogP contribution in [0.3, 0.4) is 0 Å². The van der Waals surface area contributed by atoms with E-state index in [-0.39, 0.29) is 27.8 Å². The van der Waals surface area contributed by atoms with Crippen molar-refractivity contribution >= 4 is 36.0 Å². The molecule has 6 nitrogen and oxygen atoms in total. The second-order valence-corrected chi connectivity index (χ2v) is 16.6. The molecule has 0 saturated heterocycles. The van der Waals surface area contributed by atoms with E-state index >= 15 is 0 Å². The molecule has 29 heavy (non-hydrogen) atoms. The van der Waals surface area contributed by atoms with Gasteiger partial charge in [0.2, 0.25) is 0 Å². The second kappa shape index (κ2) is 7.07. The van der Waals surface area contributed by atoms with Gasteiger partial charge in [-0.15, -0.1) is 10.3 Å². The molecule has 0 aromatic heterocycles. The molecule has 0 amide bonds. The fourth-order valence-corrected chi connectivity index (χ4v) is 10.5. The molecule has 1 aromatic rings. The SMILES string of the molecule is CC1(C)C2CCC1(CS(=O)(=O)OS(C)(C)Cc1ccc(S(C)(=O)=O)cc1)C(=O)C2. The number of hydrogen-bond acceptors (Lipinski definition) is 6. The molecule has 0 spiro atoms. The zero-order chi connectivity index (χ0) is 21.9. The maximum absolute atomic E-state index is 13.0. The van der Waals surface area contributed by atoms with Gasteiger partial charge in [0.05, 0.1) is 16.1 Å². The van der Waals surface area contributed by atoms with E-state index in [1.807, 2.05) is 13.8 Å². The van der Waals surface area contributed by atoms with E-state index in [0.29, 0.717) is 18.6 Å². The number of hydrogen-bond donors (Lipinski definition) is 0. The van der Waals surface area contributed by atoms with Gasteiger partial charge in [0, 0.05) is 18.4 Å². The average molecular weight is 463 g/mol. The maximum Gasteiger partial charge on any atom is 0.277 e. The van der Waals surface area contributed by atoms with Crippen LogP contribution in [0.4, 0.5) is 0 Å². The van der Waals surface area contributed by atoms with Crippen molar-refractivity contribution in [1.82, 2.24) is 0 Å². The van der Waals surface area contributed by atoms with Crippen molar-refractivity contribution in [1.29, 1.82) is 0 Å². The van der Waals surface area contributed by atoms with Crippen molar-refractivity contribution < 1.29 is 25.3 Å². The first-order valence-corrected chi connectivity index (χ1v) is 15.6. The minimum absolute atomic E-state index is 0.0510. The lowest BCUT2D eigenvalue weighted by atomic mass is 9.70. The van der Waals surface area contributed by atoms with Crippen LogP contribution in [0.2, 0.25) is 0 Å². The lowest BCUT2D eigenvalue weighted by Crippen LogP contribution is -2.42. The fourth-order valence-electron chi connectivity index (χ4n) is 4.97. The summed E-state index contributed by atoms with van der Waals surface area (Å²) in [4.78, 5) is 12.9. The normalized spacial score (nSPS) is 27.3. The lowest BCUT2D eigenvalue weighted by Gasteiger charge is -2.37. The number of benzene rings is 1. The van der Waals surface area contributed by atoms with Crippen LogP contribution in [0.5, 0.6) is 0 Å². The van der Waals surface area contributed by atoms with E-state index in [9.17, 15) is 21.6 Å². The molecule has 1 aromatic carbocycles.